The van der Waals surface area contributed by atoms with Gasteiger partial charge in [-0.15, -0.1) is 11.3 Å². The minimum absolute atomic E-state index is 0.0750. The Labute approximate surface area is 120 Å². The Morgan fingerprint density at radius 1 is 1.26 bits per heavy atom. The monoisotopic (exact) mass is 289 g/mol. The maximum absolute atomic E-state index is 12.5. The van der Waals surface area contributed by atoms with E-state index in [-0.39, 0.29) is 5.78 Å². The van der Waals surface area contributed by atoms with Gasteiger partial charge in [-0.1, -0.05) is 17.7 Å². The zero-order valence-corrected chi connectivity index (χ0v) is 12.2. The molecule has 0 atom stereocenters. The van der Waals surface area contributed by atoms with Crippen molar-refractivity contribution in [2.24, 2.45) is 7.05 Å². The predicted octanol–water partition coefficient (Wildman–Crippen LogP) is 4.43. The Hall–Kier alpha value is -1.58. The summed E-state index contributed by atoms with van der Waals surface area (Å²) in [7, 11) is 1.93. The highest BCUT2D eigenvalue weighted by Crippen LogP contribution is 2.27. The lowest BCUT2D eigenvalue weighted by atomic mass is 10.1. The molecule has 0 unspecified atom stereocenters. The number of aryl methyl sites for hydroxylation is 2. The SMILES string of the molecule is Cc1ccc(C(=O)c2cn(C)c3cc(Cl)ccc23)s1. The van der Waals surface area contributed by atoms with Gasteiger partial charge in [0.1, 0.15) is 0 Å². The fraction of sp³-hybridized carbons (Fsp3) is 0.133. The molecule has 0 aliphatic rings. The lowest BCUT2D eigenvalue weighted by Gasteiger charge is -1.97. The van der Waals surface area contributed by atoms with Crippen LogP contribution in [0.2, 0.25) is 5.02 Å². The molecular formula is C15H12ClNOS. The first-order valence-electron chi connectivity index (χ1n) is 5.92. The van der Waals surface area contributed by atoms with E-state index >= 15 is 0 Å². The van der Waals surface area contributed by atoms with Crippen molar-refractivity contribution in [1.29, 1.82) is 0 Å². The quantitative estimate of drug-likeness (QED) is 0.640. The highest BCUT2D eigenvalue weighted by atomic mass is 35.5. The van der Waals surface area contributed by atoms with Gasteiger partial charge in [0.15, 0.2) is 0 Å². The van der Waals surface area contributed by atoms with E-state index in [0.29, 0.717) is 5.02 Å². The van der Waals surface area contributed by atoms with Crippen LogP contribution in [0.4, 0.5) is 0 Å². The maximum atomic E-state index is 12.5. The summed E-state index contributed by atoms with van der Waals surface area (Å²) >= 11 is 7.53. The fourth-order valence-corrected chi connectivity index (χ4v) is 3.22. The summed E-state index contributed by atoms with van der Waals surface area (Å²) in [6, 6.07) is 9.47. The van der Waals surface area contributed by atoms with Crippen molar-refractivity contribution in [3.63, 3.8) is 0 Å². The first-order valence-corrected chi connectivity index (χ1v) is 7.11. The van der Waals surface area contributed by atoms with Crippen LogP contribution >= 0.6 is 22.9 Å². The summed E-state index contributed by atoms with van der Waals surface area (Å²) in [6.45, 7) is 2.00. The van der Waals surface area contributed by atoms with E-state index in [2.05, 4.69) is 0 Å². The number of ketones is 1. The average molecular weight is 290 g/mol. The summed E-state index contributed by atoms with van der Waals surface area (Å²) in [5.74, 6) is 0.0750. The summed E-state index contributed by atoms with van der Waals surface area (Å²) in [5, 5.41) is 1.63. The van der Waals surface area contributed by atoms with Crippen LogP contribution in [0.15, 0.2) is 36.5 Å². The average Bonchev–Trinajstić information content (AvgIpc) is 2.94. The van der Waals surface area contributed by atoms with E-state index in [1.807, 2.05) is 55.1 Å². The van der Waals surface area contributed by atoms with Gasteiger partial charge in [-0.3, -0.25) is 4.79 Å². The second-order valence-electron chi connectivity index (χ2n) is 4.55. The molecule has 0 bridgehead atoms. The second-order valence-corrected chi connectivity index (χ2v) is 6.28. The van der Waals surface area contributed by atoms with Crippen LogP contribution in [0, 0.1) is 6.92 Å². The molecule has 0 amide bonds. The molecule has 4 heteroatoms. The summed E-state index contributed by atoms with van der Waals surface area (Å²) in [6.07, 6.45) is 1.87. The normalized spacial score (nSPS) is 11.1. The van der Waals surface area contributed by atoms with Crippen LogP contribution in [-0.2, 0) is 7.05 Å². The number of benzene rings is 1. The molecule has 0 aliphatic carbocycles. The number of nitrogens with zero attached hydrogens (tertiary/aromatic N) is 1. The molecular weight excluding hydrogens is 278 g/mol. The third-order valence-electron chi connectivity index (χ3n) is 3.16. The molecule has 3 rings (SSSR count). The van der Waals surface area contributed by atoms with Crippen LogP contribution < -0.4 is 0 Å². The third kappa shape index (κ3) is 2.09. The van der Waals surface area contributed by atoms with Crippen molar-refractivity contribution in [2.75, 3.05) is 0 Å². The molecule has 19 heavy (non-hydrogen) atoms. The summed E-state index contributed by atoms with van der Waals surface area (Å²) < 4.78 is 1.94. The van der Waals surface area contributed by atoms with Gasteiger partial charge in [0.25, 0.3) is 0 Å². The Morgan fingerprint density at radius 3 is 2.74 bits per heavy atom. The largest absolute Gasteiger partial charge is 0.350 e. The van der Waals surface area contributed by atoms with Crippen molar-refractivity contribution < 1.29 is 4.79 Å². The van der Waals surface area contributed by atoms with Crippen LogP contribution in [0.5, 0.6) is 0 Å². The summed E-state index contributed by atoms with van der Waals surface area (Å²) in [4.78, 5) is 14.5. The number of thiophene rings is 1. The van der Waals surface area contributed by atoms with E-state index in [1.54, 1.807) is 0 Å². The van der Waals surface area contributed by atoms with Crippen LogP contribution in [0.25, 0.3) is 10.9 Å². The number of halogens is 1. The predicted molar refractivity (Wildman–Crippen MR) is 80.4 cm³/mol. The molecule has 0 radical (unpaired) electrons. The molecule has 96 valence electrons. The lowest BCUT2D eigenvalue weighted by Crippen LogP contribution is -1.97. The lowest BCUT2D eigenvalue weighted by molar-refractivity contribution is 0.104. The van der Waals surface area contributed by atoms with Crippen molar-refractivity contribution in [1.82, 2.24) is 4.57 Å². The van der Waals surface area contributed by atoms with E-state index in [1.165, 1.54) is 11.3 Å². The highest BCUT2D eigenvalue weighted by molar-refractivity contribution is 7.14. The molecule has 0 N–H and O–H groups in total. The van der Waals surface area contributed by atoms with Gasteiger partial charge >= 0.3 is 0 Å². The van der Waals surface area contributed by atoms with Gasteiger partial charge in [0.2, 0.25) is 5.78 Å². The third-order valence-corrected chi connectivity index (χ3v) is 4.40. The molecule has 0 fully saturated rings. The molecule has 1 aromatic carbocycles. The molecule has 2 nitrogen and oxygen atoms in total. The smallest absolute Gasteiger partial charge is 0.205 e. The van der Waals surface area contributed by atoms with Crippen LogP contribution in [0.3, 0.4) is 0 Å². The number of carbonyl (C=O) groups is 1. The Kier molecular flexibility index (Phi) is 2.96. The van der Waals surface area contributed by atoms with E-state index < -0.39 is 0 Å². The van der Waals surface area contributed by atoms with Gasteiger partial charge < -0.3 is 4.57 Å². The number of hydrogen-bond donors (Lipinski definition) is 0. The zero-order valence-electron chi connectivity index (χ0n) is 10.6. The van der Waals surface area contributed by atoms with E-state index in [4.69, 9.17) is 11.6 Å². The fourth-order valence-electron chi connectivity index (χ4n) is 2.23. The second kappa shape index (κ2) is 4.51. The topological polar surface area (TPSA) is 22.0 Å². The number of aromatic nitrogens is 1. The standard InChI is InChI=1S/C15H12ClNOS/c1-9-3-6-14(19-9)15(18)12-8-17(2)13-7-10(16)4-5-11(12)13/h3-8H,1-2H3. The minimum atomic E-state index is 0.0750. The number of fused-ring (bicyclic) bond motifs is 1. The van der Waals surface area contributed by atoms with Crippen LogP contribution in [-0.4, -0.2) is 10.4 Å². The Bertz CT molecular complexity index is 785. The molecule has 2 heterocycles. The van der Waals surface area contributed by atoms with Crippen molar-refractivity contribution in [2.45, 2.75) is 6.92 Å². The van der Waals surface area contributed by atoms with Crippen LogP contribution in [0.1, 0.15) is 20.1 Å². The number of rotatable bonds is 2. The Morgan fingerprint density at radius 2 is 2.05 bits per heavy atom. The first-order chi connectivity index (χ1) is 9.06. The molecule has 0 aliphatic heterocycles. The summed E-state index contributed by atoms with van der Waals surface area (Å²) in [5.41, 5.74) is 1.71. The molecule has 3 aromatic rings. The van der Waals surface area contributed by atoms with Gasteiger partial charge in [0.05, 0.1) is 4.88 Å². The number of carbonyl (C=O) groups excluding carboxylic acids is 1. The van der Waals surface area contributed by atoms with E-state index in [0.717, 1.165) is 26.2 Å². The van der Waals surface area contributed by atoms with Crippen molar-refractivity contribution >= 4 is 39.6 Å². The molecule has 2 aromatic heterocycles. The van der Waals surface area contributed by atoms with Crippen molar-refractivity contribution in [3.05, 3.63) is 56.9 Å². The molecule has 0 saturated carbocycles. The minimum Gasteiger partial charge on any atom is -0.350 e. The molecule has 0 saturated heterocycles. The highest BCUT2D eigenvalue weighted by Gasteiger charge is 2.17. The first kappa shape index (κ1) is 12.5. The zero-order chi connectivity index (χ0) is 13.6. The van der Waals surface area contributed by atoms with Gasteiger partial charge in [-0.2, -0.15) is 0 Å². The van der Waals surface area contributed by atoms with E-state index in [9.17, 15) is 4.79 Å². The van der Waals surface area contributed by atoms with Crippen molar-refractivity contribution in [3.8, 4) is 0 Å². The maximum Gasteiger partial charge on any atom is 0.205 e. The van der Waals surface area contributed by atoms with Gasteiger partial charge in [0, 0.05) is 39.6 Å². The number of hydrogen-bond acceptors (Lipinski definition) is 2. The van der Waals surface area contributed by atoms with Gasteiger partial charge in [-0.25, -0.2) is 0 Å². The van der Waals surface area contributed by atoms with Gasteiger partial charge in [-0.05, 0) is 31.2 Å². The molecule has 0 spiro atoms. The Balaban J connectivity index is 2.18.